The van der Waals surface area contributed by atoms with Crippen LogP contribution in [0.4, 0.5) is 0 Å². The standard InChI is InChI=1S/C17H29NOS/c1-7-17(8-2,20-6)12-18-14(4)15-10-9-13(3)11-16(15)19-5/h9-11,14,18H,7-8,12H2,1-6H3. The molecule has 0 heterocycles. The monoisotopic (exact) mass is 295 g/mol. The lowest BCUT2D eigenvalue weighted by molar-refractivity contribution is 0.396. The van der Waals surface area contributed by atoms with Crippen molar-refractivity contribution in [3.63, 3.8) is 0 Å². The Hall–Kier alpha value is -0.670. The molecule has 114 valence electrons. The van der Waals surface area contributed by atoms with Crippen LogP contribution in [-0.2, 0) is 0 Å². The van der Waals surface area contributed by atoms with Crippen LogP contribution in [0.5, 0.6) is 5.75 Å². The zero-order valence-corrected chi connectivity index (χ0v) is 14.6. The van der Waals surface area contributed by atoms with Gasteiger partial charge in [-0.3, -0.25) is 0 Å². The highest BCUT2D eigenvalue weighted by Crippen LogP contribution is 2.31. The van der Waals surface area contributed by atoms with E-state index in [-0.39, 0.29) is 0 Å². The fourth-order valence-electron chi connectivity index (χ4n) is 2.49. The van der Waals surface area contributed by atoms with Crippen LogP contribution in [0.3, 0.4) is 0 Å². The number of hydrogen-bond acceptors (Lipinski definition) is 3. The van der Waals surface area contributed by atoms with E-state index >= 15 is 0 Å². The maximum atomic E-state index is 5.51. The van der Waals surface area contributed by atoms with E-state index in [1.165, 1.54) is 24.0 Å². The Kier molecular flexibility index (Phi) is 6.90. The first-order valence-corrected chi connectivity index (χ1v) is 8.67. The summed E-state index contributed by atoms with van der Waals surface area (Å²) in [6.07, 6.45) is 4.59. The molecule has 0 aliphatic carbocycles. The van der Waals surface area contributed by atoms with Crippen LogP contribution < -0.4 is 10.1 Å². The third-order valence-electron chi connectivity index (χ3n) is 4.31. The predicted molar refractivity (Wildman–Crippen MR) is 91.0 cm³/mol. The van der Waals surface area contributed by atoms with Crippen molar-refractivity contribution in [1.29, 1.82) is 0 Å². The van der Waals surface area contributed by atoms with Gasteiger partial charge in [0.25, 0.3) is 0 Å². The molecule has 1 aromatic carbocycles. The van der Waals surface area contributed by atoms with Gasteiger partial charge in [-0.2, -0.15) is 11.8 Å². The van der Waals surface area contributed by atoms with Crippen molar-refractivity contribution in [3.8, 4) is 5.75 Å². The molecule has 20 heavy (non-hydrogen) atoms. The van der Waals surface area contributed by atoms with Gasteiger partial charge in [-0.1, -0.05) is 26.0 Å². The second-order valence-corrected chi connectivity index (χ2v) is 6.72. The highest BCUT2D eigenvalue weighted by Gasteiger charge is 2.25. The van der Waals surface area contributed by atoms with E-state index in [9.17, 15) is 0 Å². The predicted octanol–water partition coefficient (Wildman–Crippen LogP) is 4.58. The zero-order valence-electron chi connectivity index (χ0n) is 13.7. The Bertz CT molecular complexity index is 407. The van der Waals surface area contributed by atoms with Gasteiger partial charge in [0, 0.05) is 22.9 Å². The van der Waals surface area contributed by atoms with Gasteiger partial charge in [0.15, 0.2) is 0 Å². The number of nitrogens with one attached hydrogen (secondary N) is 1. The van der Waals surface area contributed by atoms with Gasteiger partial charge >= 0.3 is 0 Å². The van der Waals surface area contributed by atoms with Crippen LogP contribution in [-0.4, -0.2) is 24.7 Å². The highest BCUT2D eigenvalue weighted by molar-refractivity contribution is 8.00. The van der Waals surface area contributed by atoms with Crippen molar-refractivity contribution < 1.29 is 4.74 Å². The second kappa shape index (κ2) is 7.94. The number of ether oxygens (including phenoxy) is 1. The summed E-state index contributed by atoms with van der Waals surface area (Å²) in [6.45, 7) is 9.89. The van der Waals surface area contributed by atoms with Gasteiger partial charge in [0.05, 0.1) is 7.11 Å². The maximum Gasteiger partial charge on any atom is 0.123 e. The summed E-state index contributed by atoms with van der Waals surface area (Å²) in [4.78, 5) is 0. The number of rotatable bonds is 8. The summed E-state index contributed by atoms with van der Waals surface area (Å²) >= 11 is 1.97. The topological polar surface area (TPSA) is 21.3 Å². The molecule has 0 aromatic heterocycles. The summed E-state index contributed by atoms with van der Waals surface area (Å²) in [5, 5.41) is 3.69. The Morgan fingerprint density at radius 1 is 1.30 bits per heavy atom. The third-order valence-corrected chi connectivity index (χ3v) is 5.90. The van der Waals surface area contributed by atoms with Crippen molar-refractivity contribution >= 4 is 11.8 Å². The molecule has 1 unspecified atom stereocenters. The SMILES string of the molecule is CCC(CC)(CNC(C)c1ccc(C)cc1OC)SC. The minimum Gasteiger partial charge on any atom is -0.496 e. The third kappa shape index (κ3) is 4.16. The lowest BCUT2D eigenvalue weighted by Gasteiger charge is -2.32. The van der Waals surface area contributed by atoms with Gasteiger partial charge in [-0.05, 0) is 44.6 Å². The van der Waals surface area contributed by atoms with Gasteiger partial charge < -0.3 is 10.1 Å². The Morgan fingerprint density at radius 3 is 2.45 bits per heavy atom. The van der Waals surface area contributed by atoms with Crippen LogP contribution in [0.25, 0.3) is 0 Å². The summed E-state index contributed by atoms with van der Waals surface area (Å²) in [5.41, 5.74) is 2.47. The molecular formula is C17H29NOS. The molecule has 0 aliphatic rings. The first-order chi connectivity index (χ1) is 9.51. The van der Waals surface area contributed by atoms with E-state index in [1.54, 1.807) is 7.11 Å². The van der Waals surface area contributed by atoms with Gasteiger partial charge in [0.2, 0.25) is 0 Å². The summed E-state index contributed by atoms with van der Waals surface area (Å²) in [7, 11) is 1.75. The van der Waals surface area contributed by atoms with E-state index in [0.29, 0.717) is 10.8 Å². The summed E-state index contributed by atoms with van der Waals surface area (Å²) < 4.78 is 5.85. The lowest BCUT2D eigenvalue weighted by atomic mass is 10.00. The number of thioether (sulfide) groups is 1. The van der Waals surface area contributed by atoms with Crippen molar-refractivity contribution in [2.24, 2.45) is 0 Å². The molecule has 0 fully saturated rings. The smallest absolute Gasteiger partial charge is 0.123 e. The lowest BCUT2D eigenvalue weighted by Crippen LogP contribution is -2.37. The van der Waals surface area contributed by atoms with Crippen LogP contribution in [0.15, 0.2) is 18.2 Å². The largest absolute Gasteiger partial charge is 0.496 e. The van der Waals surface area contributed by atoms with Crippen molar-refractivity contribution in [3.05, 3.63) is 29.3 Å². The fourth-order valence-corrected chi connectivity index (χ4v) is 3.29. The normalized spacial score (nSPS) is 13.3. The molecule has 1 N–H and O–H groups in total. The summed E-state index contributed by atoms with van der Waals surface area (Å²) in [6, 6.07) is 6.73. The number of aryl methyl sites for hydroxylation is 1. The van der Waals surface area contributed by atoms with E-state index in [0.717, 1.165) is 12.3 Å². The maximum absolute atomic E-state index is 5.51. The van der Waals surface area contributed by atoms with E-state index in [1.807, 2.05) is 11.8 Å². The molecule has 0 amide bonds. The van der Waals surface area contributed by atoms with Gasteiger partial charge in [0.1, 0.15) is 5.75 Å². The molecule has 0 aliphatic heterocycles. The molecular weight excluding hydrogens is 266 g/mol. The van der Waals surface area contributed by atoms with Crippen LogP contribution in [0.2, 0.25) is 0 Å². The first kappa shape index (κ1) is 17.4. The molecule has 0 bridgehead atoms. The van der Waals surface area contributed by atoms with E-state index in [2.05, 4.69) is 57.5 Å². The molecule has 1 aromatic rings. The Labute approximate surface area is 128 Å². The van der Waals surface area contributed by atoms with E-state index in [4.69, 9.17) is 4.74 Å². The number of benzene rings is 1. The molecule has 0 radical (unpaired) electrons. The van der Waals surface area contributed by atoms with Crippen LogP contribution >= 0.6 is 11.8 Å². The number of methoxy groups -OCH3 is 1. The molecule has 3 heteroatoms. The molecule has 1 atom stereocenters. The summed E-state index contributed by atoms with van der Waals surface area (Å²) in [5.74, 6) is 0.979. The van der Waals surface area contributed by atoms with Gasteiger partial charge in [-0.25, -0.2) is 0 Å². The molecule has 2 nitrogen and oxygen atoms in total. The van der Waals surface area contributed by atoms with Gasteiger partial charge in [-0.15, -0.1) is 0 Å². The van der Waals surface area contributed by atoms with Crippen molar-refractivity contribution in [2.45, 2.75) is 51.3 Å². The van der Waals surface area contributed by atoms with E-state index < -0.39 is 0 Å². The molecule has 0 saturated carbocycles. The zero-order chi connectivity index (χ0) is 15.2. The van der Waals surface area contributed by atoms with Crippen LogP contribution in [0.1, 0.15) is 50.8 Å². The molecule has 1 rings (SSSR count). The average Bonchev–Trinajstić information content (AvgIpc) is 2.48. The van der Waals surface area contributed by atoms with Crippen molar-refractivity contribution in [2.75, 3.05) is 19.9 Å². The second-order valence-electron chi connectivity index (χ2n) is 5.44. The molecule has 0 saturated heterocycles. The number of hydrogen-bond donors (Lipinski definition) is 1. The average molecular weight is 295 g/mol. The van der Waals surface area contributed by atoms with Crippen LogP contribution in [0, 0.1) is 6.92 Å². The first-order valence-electron chi connectivity index (χ1n) is 7.45. The molecule has 0 spiro atoms. The highest BCUT2D eigenvalue weighted by atomic mass is 32.2. The van der Waals surface area contributed by atoms with Crippen molar-refractivity contribution in [1.82, 2.24) is 5.32 Å². The Morgan fingerprint density at radius 2 is 1.95 bits per heavy atom. The minimum absolute atomic E-state index is 0.301. The Balaban J connectivity index is 2.79. The quantitative estimate of drug-likeness (QED) is 0.758. The minimum atomic E-state index is 0.301. The fraction of sp³-hybridized carbons (Fsp3) is 0.647.